The molecule has 1 aliphatic rings. The number of nitrogens with zero attached hydrogens (tertiary/aromatic N) is 6. The van der Waals surface area contributed by atoms with Crippen LogP contribution in [0.25, 0.3) is 28.2 Å². The van der Waals surface area contributed by atoms with Gasteiger partial charge in [0.15, 0.2) is 23.7 Å². The van der Waals surface area contributed by atoms with Crippen LogP contribution in [-0.2, 0) is 4.74 Å². The molecular weight excluding hydrogens is 461 g/mol. The first-order chi connectivity index (χ1) is 15.9. The second kappa shape index (κ2) is 8.58. The van der Waals surface area contributed by atoms with Crippen molar-refractivity contribution in [2.45, 2.75) is 25.2 Å². The van der Waals surface area contributed by atoms with E-state index in [0.29, 0.717) is 29.1 Å². The minimum atomic E-state index is -1.67. The Morgan fingerprint density at radius 2 is 1.79 bits per heavy atom. The molecule has 0 saturated carbocycles. The van der Waals surface area contributed by atoms with E-state index >= 15 is 0 Å². The van der Waals surface area contributed by atoms with Gasteiger partial charge in [-0.1, -0.05) is 34.2 Å². The van der Waals surface area contributed by atoms with Gasteiger partial charge in [-0.05, 0) is 31.0 Å². The van der Waals surface area contributed by atoms with Crippen LogP contribution in [0.2, 0.25) is 5.02 Å². The summed E-state index contributed by atoms with van der Waals surface area (Å²) in [4.78, 5) is 0. The van der Waals surface area contributed by atoms with Gasteiger partial charge < -0.3 is 9.84 Å². The Hall–Kier alpha value is -3.28. The van der Waals surface area contributed by atoms with Crippen LogP contribution in [0.3, 0.4) is 0 Å². The van der Waals surface area contributed by atoms with Gasteiger partial charge >= 0.3 is 0 Å². The summed E-state index contributed by atoms with van der Waals surface area (Å²) in [5.41, 5.74) is 0.322. The van der Waals surface area contributed by atoms with Crippen molar-refractivity contribution in [3.05, 3.63) is 65.2 Å². The lowest BCUT2D eigenvalue weighted by Crippen LogP contribution is -2.27. The number of aliphatic hydroxyl groups excluding tert-OH is 1. The average molecular weight is 477 g/mol. The summed E-state index contributed by atoms with van der Waals surface area (Å²) < 4.78 is 51.6. The van der Waals surface area contributed by atoms with E-state index in [2.05, 4.69) is 20.6 Å². The highest BCUT2D eigenvalue weighted by molar-refractivity contribution is 6.30. The number of benzene rings is 2. The van der Waals surface area contributed by atoms with Gasteiger partial charge in [-0.15, -0.1) is 10.2 Å². The van der Waals surface area contributed by atoms with Crippen LogP contribution in [0.4, 0.5) is 13.2 Å². The lowest BCUT2D eigenvalue weighted by atomic mass is 10.1. The SMILES string of the molecule is OC1CCC(n2cc(-c3cc(-n4cc(-c5cccc(Cl)c5)nn4)c(F)c(F)c3F)nn2)OC1. The summed E-state index contributed by atoms with van der Waals surface area (Å²) in [5, 5.41) is 25.7. The van der Waals surface area contributed by atoms with E-state index in [1.165, 1.54) is 17.1 Å². The number of hydrogen-bond donors (Lipinski definition) is 1. The van der Waals surface area contributed by atoms with E-state index in [1.54, 1.807) is 24.3 Å². The predicted octanol–water partition coefficient (Wildman–Crippen LogP) is 3.93. The van der Waals surface area contributed by atoms with E-state index < -0.39 is 29.8 Å². The molecular formula is C21H16ClF3N6O2. The first kappa shape index (κ1) is 21.6. The highest BCUT2D eigenvalue weighted by Crippen LogP contribution is 2.31. The van der Waals surface area contributed by atoms with Gasteiger partial charge in [0.2, 0.25) is 0 Å². The summed E-state index contributed by atoms with van der Waals surface area (Å²) in [5.74, 6) is -4.50. The molecule has 33 heavy (non-hydrogen) atoms. The topological polar surface area (TPSA) is 90.9 Å². The molecule has 1 saturated heterocycles. The Bertz CT molecular complexity index is 1320. The zero-order valence-electron chi connectivity index (χ0n) is 16.9. The molecule has 0 bridgehead atoms. The van der Waals surface area contributed by atoms with Crippen LogP contribution in [0, 0.1) is 17.5 Å². The van der Waals surface area contributed by atoms with Gasteiger partial charge in [-0.25, -0.2) is 22.5 Å². The van der Waals surface area contributed by atoms with Crippen LogP contribution in [0.5, 0.6) is 0 Å². The summed E-state index contributed by atoms with van der Waals surface area (Å²) in [6.45, 7) is 0.130. The monoisotopic (exact) mass is 476 g/mol. The van der Waals surface area contributed by atoms with Gasteiger partial charge in [0, 0.05) is 16.1 Å². The first-order valence-corrected chi connectivity index (χ1v) is 10.4. The number of aromatic nitrogens is 6. The molecule has 0 spiro atoms. The first-order valence-electron chi connectivity index (χ1n) is 9.98. The fraction of sp³-hybridized carbons (Fsp3) is 0.238. The smallest absolute Gasteiger partial charge is 0.197 e. The van der Waals surface area contributed by atoms with Crippen molar-refractivity contribution in [3.63, 3.8) is 0 Å². The van der Waals surface area contributed by atoms with Crippen molar-refractivity contribution in [2.75, 3.05) is 6.61 Å². The second-order valence-corrected chi connectivity index (χ2v) is 7.98. The molecule has 2 aromatic carbocycles. The molecule has 2 aromatic heterocycles. The Morgan fingerprint density at radius 3 is 2.55 bits per heavy atom. The molecule has 8 nitrogen and oxygen atoms in total. The van der Waals surface area contributed by atoms with Crippen LogP contribution in [0.1, 0.15) is 19.1 Å². The largest absolute Gasteiger partial charge is 0.391 e. The third kappa shape index (κ3) is 4.10. The van der Waals surface area contributed by atoms with Crippen LogP contribution < -0.4 is 0 Å². The average Bonchev–Trinajstić information content (AvgIpc) is 3.49. The molecule has 4 aromatic rings. The zero-order chi connectivity index (χ0) is 23.1. The molecule has 0 amide bonds. The Morgan fingerprint density at radius 1 is 0.970 bits per heavy atom. The maximum atomic E-state index is 14.6. The molecule has 12 heteroatoms. The zero-order valence-corrected chi connectivity index (χ0v) is 17.6. The fourth-order valence-corrected chi connectivity index (χ4v) is 3.77. The lowest BCUT2D eigenvalue weighted by Gasteiger charge is -2.25. The van der Waals surface area contributed by atoms with Crippen molar-refractivity contribution in [2.24, 2.45) is 0 Å². The summed E-state index contributed by atoms with van der Waals surface area (Å²) >= 11 is 5.99. The van der Waals surface area contributed by atoms with E-state index in [9.17, 15) is 18.3 Å². The fourth-order valence-electron chi connectivity index (χ4n) is 3.58. The third-order valence-corrected chi connectivity index (χ3v) is 5.53. The molecule has 2 unspecified atom stereocenters. The van der Waals surface area contributed by atoms with Crippen LogP contribution in [0.15, 0.2) is 42.7 Å². The highest BCUT2D eigenvalue weighted by atomic mass is 35.5. The third-order valence-electron chi connectivity index (χ3n) is 5.30. The minimum Gasteiger partial charge on any atom is -0.391 e. The molecule has 5 rings (SSSR count). The molecule has 0 radical (unpaired) electrons. The Labute approximate surface area is 190 Å². The molecule has 1 aliphatic heterocycles. The summed E-state index contributed by atoms with van der Waals surface area (Å²) in [6.07, 6.45) is 2.67. The van der Waals surface area contributed by atoms with Crippen molar-refractivity contribution in [1.29, 1.82) is 0 Å². The quantitative estimate of drug-likeness (QED) is 0.449. The molecule has 1 N–H and O–H groups in total. The maximum absolute atomic E-state index is 14.6. The number of ether oxygens (including phenoxy) is 1. The molecule has 0 aliphatic carbocycles. The van der Waals surface area contributed by atoms with E-state index in [1.807, 2.05) is 0 Å². The van der Waals surface area contributed by atoms with E-state index in [4.69, 9.17) is 16.3 Å². The van der Waals surface area contributed by atoms with Crippen LogP contribution in [-0.4, -0.2) is 47.8 Å². The number of aliphatic hydroxyl groups is 1. The van der Waals surface area contributed by atoms with Crippen molar-refractivity contribution in [3.8, 4) is 28.2 Å². The summed E-state index contributed by atoms with van der Waals surface area (Å²) in [7, 11) is 0. The van der Waals surface area contributed by atoms with Gasteiger partial charge in [-0.2, -0.15) is 0 Å². The van der Waals surface area contributed by atoms with Crippen molar-refractivity contribution >= 4 is 11.6 Å². The van der Waals surface area contributed by atoms with E-state index in [0.717, 1.165) is 10.7 Å². The van der Waals surface area contributed by atoms with Gasteiger partial charge in [0.05, 0.1) is 25.1 Å². The Kier molecular flexibility index (Phi) is 5.60. The lowest BCUT2D eigenvalue weighted by molar-refractivity contribution is -0.0942. The molecule has 2 atom stereocenters. The molecule has 170 valence electrons. The molecule has 1 fully saturated rings. The van der Waals surface area contributed by atoms with Crippen molar-refractivity contribution < 1.29 is 23.0 Å². The van der Waals surface area contributed by atoms with Gasteiger partial charge in [0.25, 0.3) is 0 Å². The number of halogens is 4. The minimum absolute atomic E-state index is 0.0162. The van der Waals surface area contributed by atoms with E-state index in [-0.39, 0.29) is 23.6 Å². The molecule has 3 heterocycles. The number of hydrogen-bond acceptors (Lipinski definition) is 6. The maximum Gasteiger partial charge on any atom is 0.197 e. The predicted molar refractivity (Wildman–Crippen MR) is 111 cm³/mol. The van der Waals surface area contributed by atoms with Crippen LogP contribution >= 0.6 is 11.6 Å². The Balaban J connectivity index is 1.51. The standard InChI is InChI=1S/C21H16ClF3N6O2/c22-12-3-1-2-11(6-12)15-8-30(28-26-15)17-7-14(19(23)21(25)20(17)24)16-9-31(29-27-16)18-5-4-13(32)10-33-18/h1-3,6-9,13,18,32H,4-5,10H2. The second-order valence-electron chi connectivity index (χ2n) is 7.55. The highest BCUT2D eigenvalue weighted by Gasteiger charge is 2.26. The van der Waals surface area contributed by atoms with Gasteiger partial charge in [0.1, 0.15) is 17.1 Å². The number of rotatable bonds is 4. The summed E-state index contributed by atoms with van der Waals surface area (Å²) in [6, 6.07) is 7.87. The van der Waals surface area contributed by atoms with Gasteiger partial charge in [-0.3, -0.25) is 0 Å². The van der Waals surface area contributed by atoms with Crippen molar-refractivity contribution in [1.82, 2.24) is 30.0 Å². The normalized spacial score (nSPS) is 18.6.